The van der Waals surface area contributed by atoms with E-state index in [9.17, 15) is 9.59 Å². The molecule has 5 aromatic rings. The van der Waals surface area contributed by atoms with Gasteiger partial charge in [0, 0.05) is 48.9 Å². The summed E-state index contributed by atoms with van der Waals surface area (Å²) in [5.41, 5.74) is 8.87. The second-order valence-corrected chi connectivity index (χ2v) is 13.0. The number of aliphatic imine (C=N–C) groups is 1. The van der Waals surface area contributed by atoms with Gasteiger partial charge in [-0.25, -0.2) is 9.59 Å². The van der Waals surface area contributed by atoms with E-state index in [1.807, 2.05) is 111 Å². The molecule has 2 N–H and O–H groups in total. The van der Waals surface area contributed by atoms with Crippen molar-refractivity contribution < 1.29 is 23.8 Å². The van der Waals surface area contributed by atoms with Gasteiger partial charge in [-0.15, -0.1) is 12.8 Å². The minimum absolute atomic E-state index is 0.0796. The van der Waals surface area contributed by atoms with Crippen molar-refractivity contribution in [2.75, 3.05) is 20.3 Å². The molecule has 0 amide bonds. The number of carbonyl (C=O) groups excluding carboxylic acids is 2. The molecule has 8 nitrogen and oxygen atoms in total. The Kier molecular flexibility index (Phi) is 13.9. The molecule has 2 unspecified atom stereocenters. The van der Waals surface area contributed by atoms with Crippen molar-refractivity contribution in [2.45, 2.75) is 38.4 Å². The van der Waals surface area contributed by atoms with Gasteiger partial charge in [-0.05, 0) is 79.1 Å². The molecule has 276 valence electrons. The Hall–Kier alpha value is -6.74. The molecule has 0 heterocycles. The number of nitrogens with zero attached hydrogens (tertiary/aromatic N) is 2. The lowest BCUT2D eigenvalue weighted by molar-refractivity contribution is -0.0626. The van der Waals surface area contributed by atoms with Gasteiger partial charge < -0.3 is 20.1 Å². The van der Waals surface area contributed by atoms with Crippen molar-refractivity contribution in [1.82, 2.24) is 0 Å². The quantitative estimate of drug-likeness (QED) is 0.0296. The van der Waals surface area contributed by atoms with E-state index in [1.165, 1.54) is 7.11 Å². The fourth-order valence-electron chi connectivity index (χ4n) is 5.98. The summed E-state index contributed by atoms with van der Waals surface area (Å²) in [6, 6.07) is 38.0. The van der Waals surface area contributed by atoms with Crippen LogP contribution in [0.1, 0.15) is 77.6 Å². The molecule has 0 fully saturated rings. The summed E-state index contributed by atoms with van der Waals surface area (Å²) in [7, 11) is 1.48. The number of benzene rings is 5. The SMILES string of the molecule is C#Cc1ccc(C(c2ccc(C#C)cc2)c2ccc(C(C=NCCC(OC(=O)c3ccc(C)cc3)C(COC(=O)c3ccc(C)cc3)OC)=NN)cc2)cc1. The van der Waals surface area contributed by atoms with Crippen LogP contribution >= 0.6 is 0 Å². The van der Waals surface area contributed by atoms with Crippen LogP contribution in [0.15, 0.2) is 131 Å². The molecule has 0 aliphatic heterocycles. The summed E-state index contributed by atoms with van der Waals surface area (Å²) < 4.78 is 17.2. The minimum Gasteiger partial charge on any atom is -0.459 e. The van der Waals surface area contributed by atoms with Crippen LogP contribution in [0.5, 0.6) is 0 Å². The van der Waals surface area contributed by atoms with Crippen LogP contribution in [0, 0.1) is 38.5 Å². The molecule has 0 aromatic heterocycles. The van der Waals surface area contributed by atoms with Gasteiger partial charge >= 0.3 is 11.9 Å². The maximum Gasteiger partial charge on any atom is 0.338 e. The van der Waals surface area contributed by atoms with Crippen molar-refractivity contribution >= 4 is 23.9 Å². The molecule has 2 atom stereocenters. The first-order chi connectivity index (χ1) is 26.7. The second kappa shape index (κ2) is 19.4. The Labute approximate surface area is 323 Å². The molecular formula is C47H43N3O5. The number of terminal acetylenes is 2. The number of rotatable bonds is 15. The third-order valence-corrected chi connectivity index (χ3v) is 9.19. The Morgan fingerprint density at radius 3 is 1.58 bits per heavy atom. The number of hydrogen-bond donors (Lipinski definition) is 1. The normalized spacial score (nSPS) is 12.4. The van der Waals surface area contributed by atoms with E-state index >= 15 is 0 Å². The molecule has 55 heavy (non-hydrogen) atoms. The summed E-state index contributed by atoms with van der Waals surface area (Å²) in [6.07, 6.45) is 11.5. The Balaban J connectivity index is 1.30. The molecule has 5 rings (SSSR count). The number of nitrogens with two attached hydrogens (primary N) is 1. The van der Waals surface area contributed by atoms with Gasteiger partial charge in [0.2, 0.25) is 0 Å². The van der Waals surface area contributed by atoms with Crippen LogP contribution < -0.4 is 5.84 Å². The molecule has 8 heteroatoms. The molecule has 0 spiro atoms. The Morgan fingerprint density at radius 1 is 0.673 bits per heavy atom. The van der Waals surface area contributed by atoms with Crippen LogP contribution in [-0.2, 0) is 14.2 Å². The van der Waals surface area contributed by atoms with E-state index in [4.69, 9.17) is 32.9 Å². The molecule has 0 radical (unpaired) electrons. The van der Waals surface area contributed by atoms with Crippen molar-refractivity contribution in [3.63, 3.8) is 0 Å². The van der Waals surface area contributed by atoms with Crippen LogP contribution in [0.4, 0.5) is 0 Å². The van der Waals surface area contributed by atoms with E-state index < -0.39 is 24.1 Å². The largest absolute Gasteiger partial charge is 0.459 e. The highest BCUT2D eigenvalue weighted by atomic mass is 16.6. The highest BCUT2D eigenvalue weighted by Crippen LogP contribution is 2.32. The fourth-order valence-corrected chi connectivity index (χ4v) is 5.98. The molecule has 0 bridgehead atoms. The zero-order chi connectivity index (χ0) is 39.2. The monoisotopic (exact) mass is 729 g/mol. The van der Waals surface area contributed by atoms with Crippen molar-refractivity contribution in [1.29, 1.82) is 0 Å². The highest BCUT2D eigenvalue weighted by Gasteiger charge is 2.27. The number of hydrogen-bond acceptors (Lipinski definition) is 8. The van der Waals surface area contributed by atoms with E-state index in [2.05, 4.69) is 21.9 Å². The topological polar surface area (TPSA) is 113 Å². The molecule has 0 saturated carbocycles. The van der Waals surface area contributed by atoms with E-state index in [0.29, 0.717) is 16.8 Å². The lowest BCUT2D eigenvalue weighted by Gasteiger charge is -2.25. The van der Waals surface area contributed by atoms with Gasteiger partial charge in [-0.2, -0.15) is 5.10 Å². The van der Waals surface area contributed by atoms with Gasteiger partial charge in [0.1, 0.15) is 24.5 Å². The van der Waals surface area contributed by atoms with Crippen LogP contribution in [0.3, 0.4) is 0 Å². The smallest absolute Gasteiger partial charge is 0.338 e. The maximum atomic E-state index is 13.2. The van der Waals surface area contributed by atoms with Gasteiger partial charge in [-0.1, -0.05) is 95.8 Å². The lowest BCUT2D eigenvalue weighted by atomic mass is 9.84. The fraction of sp³-hybridized carbons (Fsp3) is 0.191. The van der Waals surface area contributed by atoms with E-state index in [0.717, 1.165) is 44.5 Å². The highest BCUT2D eigenvalue weighted by molar-refractivity contribution is 6.38. The number of carbonyl (C=O) groups is 2. The third kappa shape index (κ3) is 10.7. The number of esters is 2. The summed E-state index contributed by atoms with van der Waals surface area (Å²) in [6.45, 7) is 3.97. The predicted octanol–water partition coefficient (Wildman–Crippen LogP) is 7.67. The molecular weight excluding hydrogens is 687 g/mol. The minimum atomic E-state index is -0.791. The number of aryl methyl sites for hydroxylation is 2. The van der Waals surface area contributed by atoms with E-state index in [1.54, 1.807) is 30.5 Å². The second-order valence-electron chi connectivity index (χ2n) is 13.0. The van der Waals surface area contributed by atoms with Gasteiger partial charge in [0.05, 0.1) is 11.1 Å². The summed E-state index contributed by atoms with van der Waals surface area (Å²) in [5, 5.41) is 4.00. The van der Waals surface area contributed by atoms with E-state index in [-0.39, 0.29) is 25.5 Å². The number of hydrazone groups is 1. The number of methoxy groups -OCH3 is 1. The maximum absolute atomic E-state index is 13.2. The average Bonchev–Trinajstić information content (AvgIpc) is 3.22. The average molecular weight is 730 g/mol. The van der Waals surface area contributed by atoms with Gasteiger partial charge in [0.25, 0.3) is 0 Å². The molecule has 5 aromatic carbocycles. The molecule has 0 saturated heterocycles. The first-order valence-electron chi connectivity index (χ1n) is 17.8. The summed E-state index contributed by atoms with van der Waals surface area (Å²) in [4.78, 5) is 30.6. The van der Waals surface area contributed by atoms with Crippen LogP contribution in [-0.4, -0.2) is 56.3 Å². The zero-order valence-electron chi connectivity index (χ0n) is 31.1. The first-order valence-corrected chi connectivity index (χ1v) is 17.8. The standard InChI is InChI=1S/C47H43N3O5/c1-6-34-12-20-37(21-13-34)45(38-22-14-35(7-2)15-23-38)39-26-24-36(25-27-39)42(50-48)30-49-29-28-43(55-47(52)41-18-10-33(4)11-19-41)44(53-5)31-54-46(51)40-16-8-32(3)9-17-40/h1-2,8-27,30,43-45H,28-29,31,48H2,3-5H3. The van der Waals surface area contributed by atoms with Crippen LogP contribution in [0.25, 0.3) is 0 Å². The number of ether oxygens (including phenoxy) is 3. The van der Waals surface area contributed by atoms with Gasteiger partial charge in [0.15, 0.2) is 0 Å². The Bertz CT molecular complexity index is 2140. The lowest BCUT2D eigenvalue weighted by Crippen LogP contribution is -2.37. The van der Waals surface area contributed by atoms with Crippen molar-refractivity contribution in [3.8, 4) is 24.7 Å². The summed E-state index contributed by atoms with van der Waals surface area (Å²) in [5.74, 6) is 10.1. The van der Waals surface area contributed by atoms with Crippen molar-refractivity contribution in [2.24, 2.45) is 15.9 Å². The van der Waals surface area contributed by atoms with Crippen LogP contribution in [0.2, 0.25) is 0 Å². The third-order valence-electron chi connectivity index (χ3n) is 9.19. The zero-order valence-corrected chi connectivity index (χ0v) is 31.1. The van der Waals surface area contributed by atoms with Gasteiger partial charge in [-0.3, -0.25) is 4.99 Å². The molecule has 0 aliphatic carbocycles. The van der Waals surface area contributed by atoms with Crippen molar-refractivity contribution in [3.05, 3.63) is 177 Å². The predicted molar refractivity (Wildman–Crippen MR) is 217 cm³/mol. The summed E-state index contributed by atoms with van der Waals surface area (Å²) >= 11 is 0. The molecule has 0 aliphatic rings. The first kappa shape index (κ1) is 39.5. The Morgan fingerprint density at radius 2 is 1.13 bits per heavy atom.